The second-order valence-electron chi connectivity index (χ2n) is 9.63. The van der Waals surface area contributed by atoms with Crippen molar-refractivity contribution in [1.29, 1.82) is 0 Å². The summed E-state index contributed by atoms with van der Waals surface area (Å²) >= 11 is 0. The van der Waals surface area contributed by atoms with Crippen LogP contribution in [0.1, 0.15) is 89.3 Å². The lowest BCUT2D eigenvalue weighted by Crippen LogP contribution is -2.48. The molecule has 1 aromatic heterocycles. The van der Waals surface area contributed by atoms with Crippen LogP contribution in [0.4, 0.5) is 4.39 Å². The Morgan fingerprint density at radius 1 is 0.933 bits per heavy atom. The second-order valence-corrected chi connectivity index (χ2v) is 15.0. The number of fused-ring (bicyclic) bond motifs is 1. The van der Waals surface area contributed by atoms with Gasteiger partial charge >= 0.3 is 0 Å². The number of benzene rings is 1. The van der Waals surface area contributed by atoms with E-state index < -0.39 is 8.32 Å². The molecule has 5 heteroatoms. The molecule has 3 rings (SSSR count). The highest BCUT2D eigenvalue weighted by atomic mass is 28.4. The standard InChI is InChI=1S/C25H37FN2OSi/c1-16(2)30(17(3)4,18(5)6)29-23-14-13-20(19-10-7-8-12-22(19)26)24(27)21-11-9-15-28-25(21)23/h7-12,15-18,20,23-24H,13-14,27H2,1-6H3/t20-,23+,24-/m0/s1. The van der Waals surface area contributed by atoms with E-state index in [2.05, 4.69) is 41.5 Å². The number of nitrogens with zero attached hydrogens (tertiary/aromatic N) is 1. The van der Waals surface area contributed by atoms with Gasteiger partial charge in [-0.05, 0) is 52.7 Å². The first-order valence-corrected chi connectivity index (χ1v) is 13.5. The predicted octanol–water partition coefficient (Wildman–Crippen LogP) is 7.03. The average Bonchev–Trinajstić information content (AvgIpc) is 2.83. The first-order valence-electron chi connectivity index (χ1n) is 11.3. The SMILES string of the molecule is CC(C)[Si](O[C@@H]1CC[C@@H](c2ccccc2F)[C@H](N)c2cccnc21)(C(C)C)C(C)C. The molecule has 0 amide bonds. The van der Waals surface area contributed by atoms with Crippen molar-refractivity contribution in [1.82, 2.24) is 4.98 Å². The van der Waals surface area contributed by atoms with E-state index in [0.29, 0.717) is 22.2 Å². The number of halogens is 1. The minimum absolute atomic E-state index is 0.0871. The molecule has 1 heterocycles. The highest BCUT2D eigenvalue weighted by Gasteiger charge is 2.48. The van der Waals surface area contributed by atoms with Gasteiger partial charge in [0.05, 0.1) is 11.8 Å². The van der Waals surface area contributed by atoms with Crippen LogP contribution in [0.3, 0.4) is 0 Å². The van der Waals surface area contributed by atoms with Crippen molar-refractivity contribution in [2.24, 2.45) is 5.73 Å². The lowest BCUT2D eigenvalue weighted by molar-refractivity contribution is 0.159. The van der Waals surface area contributed by atoms with Crippen molar-refractivity contribution in [2.45, 2.75) is 89.1 Å². The van der Waals surface area contributed by atoms with E-state index in [1.165, 1.54) is 6.07 Å². The van der Waals surface area contributed by atoms with E-state index in [1.807, 2.05) is 30.5 Å². The largest absolute Gasteiger partial charge is 0.408 e. The summed E-state index contributed by atoms with van der Waals surface area (Å²) in [6, 6.07) is 10.7. The van der Waals surface area contributed by atoms with Crippen molar-refractivity contribution in [3.63, 3.8) is 0 Å². The lowest BCUT2D eigenvalue weighted by Gasteiger charge is -2.44. The zero-order chi connectivity index (χ0) is 22.1. The summed E-state index contributed by atoms with van der Waals surface area (Å²) in [4.78, 5) is 4.75. The molecule has 0 saturated heterocycles. The second kappa shape index (κ2) is 9.29. The summed E-state index contributed by atoms with van der Waals surface area (Å²) in [6.07, 6.45) is 3.32. The summed E-state index contributed by atoms with van der Waals surface area (Å²) in [6.45, 7) is 13.8. The maximum atomic E-state index is 14.6. The third-order valence-electron chi connectivity index (χ3n) is 7.07. The van der Waals surface area contributed by atoms with Crippen molar-refractivity contribution in [3.8, 4) is 0 Å². The van der Waals surface area contributed by atoms with Gasteiger partial charge < -0.3 is 10.2 Å². The molecule has 0 saturated carbocycles. The van der Waals surface area contributed by atoms with Crippen molar-refractivity contribution < 1.29 is 8.82 Å². The molecule has 0 fully saturated rings. The average molecular weight is 429 g/mol. The Bertz CT molecular complexity index is 833. The predicted molar refractivity (Wildman–Crippen MR) is 124 cm³/mol. The Labute approximate surface area is 182 Å². The van der Waals surface area contributed by atoms with E-state index in [-0.39, 0.29) is 23.9 Å². The van der Waals surface area contributed by atoms with Crippen molar-refractivity contribution in [2.75, 3.05) is 0 Å². The zero-order valence-corrected chi connectivity index (χ0v) is 20.2. The number of hydrogen-bond donors (Lipinski definition) is 1. The van der Waals surface area contributed by atoms with Gasteiger partial charge in [0, 0.05) is 18.2 Å². The lowest BCUT2D eigenvalue weighted by atomic mass is 9.86. The molecule has 0 spiro atoms. The summed E-state index contributed by atoms with van der Waals surface area (Å²) < 4.78 is 21.8. The highest BCUT2D eigenvalue weighted by molar-refractivity contribution is 6.77. The molecular formula is C25H37FN2OSi. The monoisotopic (exact) mass is 428 g/mol. The molecule has 2 N–H and O–H groups in total. The van der Waals surface area contributed by atoms with Crippen LogP contribution in [0.15, 0.2) is 42.6 Å². The first-order chi connectivity index (χ1) is 14.2. The summed E-state index contributed by atoms with van der Waals surface area (Å²) in [7, 11) is -2.09. The van der Waals surface area contributed by atoms with Gasteiger partial charge in [-0.15, -0.1) is 0 Å². The van der Waals surface area contributed by atoms with Crippen LogP contribution < -0.4 is 5.73 Å². The summed E-state index contributed by atoms with van der Waals surface area (Å²) in [5.74, 6) is -0.269. The smallest absolute Gasteiger partial charge is 0.201 e. The molecule has 0 radical (unpaired) electrons. The van der Waals surface area contributed by atoms with E-state index >= 15 is 0 Å². The fraction of sp³-hybridized carbons (Fsp3) is 0.560. The number of pyridine rings is 1. The number of hydrogen-bond acceptors (Lipinski definition) is 3. The normalized spacial score (nSPS) is 22.4. The molecule has 2 aromatic rings. The third kappa shape index (κ3) is 4.12. The minimum atomic E-state index is -2.09. The van der Waals surface area contributed by atoms with Gasteiger partial charge in [0.1, 0.15) is 5.82 Å². The molecular weight excluding hydrogens is 391 g/mol. The quantitative estimate of drug-likeness (QED) is 0.397. The van der Waals surface area contributed by atoms with Crippen LogP contribution >= 0.6 is 0 Å². The minimum Gasteiger partial charge on any atom is -0.408 e. The molecule has 1 aliphatic rings. The molecule has 1 aliphatic carbocycles. The van der Waals surface area contributed by atoms with Gasteiger partial charge in [-0.1, -0.05) is 65.8 Å². The van der Waals surface area contributed by atoms with Gasteiger partial charge in [-0.25, -0.2) is 4.39 Å². The van der Waals surface area contributed by atoms with E-state index in [1.54, 1.807) is 6.07 Å². The maximum absolute atomic E-state index is 14.6. The molecule has 0 unspecified atom stereocenters. The fourth-order valence-electron chi connectivity index (χ4n) is 5.74. The Balaban J connectivity index is 2.04. The van der Waals surface area contributed by atoms with Crippen LogP contribution in [0.2, 0.25) is 16.6 Å². The number of nitrogens with two attached hydrogens (primary N) is 1. The van der Waals surface area contributed by atoms with Crippen LogP contribution in [0.25, 0.3) is 0 Å². The van der Waals surface area contributed by atoms with Gasteiger partial charge in [0.25, 0.3) is 0 Å². The topological polar surface area (TPSA) is 48.1 Å². The van der Waals surface area contributed by atoms with E-state index in [0.717, 1.165) is 24.1 Å². The van der Waals surface area contributed by atoms with Crippen LogP contribution in [0, 0.1) is 5.82 Å². The molecule has 1 aromatic carbocycles. The molecule has 164 valence electrons. The Morgan fingerprint density at radius 3 is 2.13 bits per heavy atom. The van der Waals surface area contributed by atoms with Crippen molar-refractivity contribution >= 4 is 8.32 Å². The van der Waals surface area contributed by atoms with E-state index in [9.17, 15) is 4.39 Å². The zero-order valence-electron chi connectivity index (χ0n) is 19.2. The highest BCUT2D eigenvalue weighted by Crippen LogP contribution is 2.49. The van der Waals surface area contributed by atoms with Gasteiger partial charge in [-0.3, -0.25) is 4.98 Å². The molecule has 30 heavy (non-hydrogen) atoms. The fourth-order valence-corrected chi connectivity index (χ4v) is 11.3. The molecule has 0 bridgehead atoms. The Hall–Kier alpha value is -1.56. The van der Waals surface area contributed by atoms with Crippen LogP contribution in [0.5, 0.6) is 0 Å². The number of rotatable bonds is 6. The maximum Gasteiger partial charge on any atom is 0.201 e. The Morgan fingerprint density at radius 2 is 1.53 bits per heavy atom. The van der Waals surface area contributed by atoms with Gasteiger partial charge in [-0.2, -0.15) is 0 Å². The molecule has 0 aliphatic heterocycles. The summed E-state index contributed by atoms with van der Waals surface area (Å²) in [5, 5.41) is 0. The van der Waals surface area contributed by atoms with Crippen LogP contribution in [-0.4, -0.2) is 13.3 Å². The first kappa shape index (κ1) is 23.1. The van der Waals surface area contributed by atoms with E-state index in [4.69, 9.17) is 15.1 Å². The van der Waals surface area contributed by atoms with Gasteiger partial charge in [0.15, 0.2) is 0 Å². The van der Waals surface area contributed by atoms with Gasteiger partial charge in [0.2, 0.25) is 8.32 Å². The number of aromatic nitrogens is 1. The molecule has 3 nitrogen and oxygen atoms in total. The Kier molecular flexibility index (Phi) is 7.15. The van der Waals surface area contributed by atoms with Crippen LogP contribution in [-0.2, 0) is 4.43 Å². The summed E-state index contributed by atoms with van der Waals surface area (Å²) in [5.41, 5.74) is 10.9. The van der Waals surface area contributed by atoms with Crippen molar-refractivity contribution in [3.05, 3.63) is 65.2 Å². The molecule has 3 atom stereocenters. The third-order valence-corrected chi connectivity index (χ3v) is 13.2.